The summed E-state index contributed by atoms with van der Waals surface area (Å²) in [5.74, 6) is 0. The van der Waals surface area contributed by atoms with Crippen molar-refractivity contribution in [3.8, 4) is 11.1 Å². The number of nitrogens with one attached hydrogen (secondary N) is 1. The Morgan fingerprint density at radius 3 is 2.50 bits per heavy atom. The van der Waals surface area contributed by atoms with Crippen LogP contribution in [0.3, 0.4) is 0 Å². The summed E-state index contributed by atoms with van der Waals surface area (Å²) in [6.07, 6.45) is 1.87. The van der Waals surface area contributed by atoms with Crippen molar-refractivity contribution in [2.75, 3.05) is 31.1 Å². The number of anilines is 1. The van der Waals surface area contributed by atoms with Crippen LogP contribution in [0.4, 0.5) is 5.69 Å². The molecule has 0 aliphatic carbocycles. The van der Waals surface area contributed by atoms with Gasteiger partial charge in [-0.15, -0.1) is 0 Å². The summed E-state index contributed by atoms with van der Waals surface area (Å²) in [6, 6.07) is 19.2. The molecule has 22 heavy (non-hydrogen) atoms. The predicted molar refractivity (Wildman–Crippen MR) is 92.3 cm³/mol. The fraction of sp³-hybridized carbons (Fsp3) is 0.211. The molecule has 2 aromatic carbocycles. The van der Waals surface area contributed by atoms with Gasteiger partial charge in [0.25, 0.3) is 0 Å². The molecule has 0 amide bonds. The molecule has 1 N–H and O–H groups in total. The van der Waals surface area contributed by atoms with Crippen molar-refractivity contribution in [2.24, 2.45) is 0 Å². The molecule has 3 nitrogen and oxygen atoms in total. The number of hydrogen-bond acceptors (Lipinski definition) is 3. The van der Waals surface area contributed by atoms with Crippen LogP contribution >= 0.6 is 0 Å². The predicted octanol–water partition coefficient (Wildman–Crippen LogP) is 3.31. The minimum absolute atomic E-state index is 1.04. The van der Waals surface area contributed by atoms with E-state index in [0.717, 1.165) is 31.7 Å². The Bertz CT molecular complexity index is 786. The fourth-order valence-electron chi connectivity index (χ4n) is 3.20. The Morgan fingerprint density at radius 1 is 0.818 bits per heavy atom. The largest absolute Gasteiger partial charge is 0.368 e. The maximum atomic E-state index is 4.61. The lowest BCUT2D eigenvalue weighted by Gasteiger charge is -2.31. The number of pyridine rings is 1. The highest BCUT2D eigenvalue weighted by molar-refractivity contribution is 5.97. The van der Waals surface area contributed by atoms with Crippen LogP contribution in [0.15, 0.2) is 60.8 Å². The molecule has 3 heteroatoms. The lowest BCUT2D eigenvalue weighted by Crippen LogP contribution is -2.43. The molecule has 4 rings (SSSR count). The molecular weight excluding hydrogens is 270 g/mol. The highest BCUT2D eigenvalue weighted by atomic mass is 15.2. The number of benzene rings is 2. The van der Waals surface area contributed by atoms with Gasteiger partial charge in [-0.3, -0.25) is 4.98 Å². The zero-order valence-corrected chi connectivity index (χ0v) is 12.5. The van der Waals surface area contributed by atoms with Gasteiger partial charge in [-0.1, -0.05) is 42.5 Å². The van der Waals surface area contributed by atoms with E-state index in [9.17, 15) is 0 Å². The Kier molecular flexibility index (Phi) is 3.49. The molecule has 2 heterocycles. The van der Waals surface area contributed by atoms with E-state index in [1.54, 1.807) is 0 Å². The van der Waals surface area contributed by atoms with Crippen molar-refractivity contribution in [3.63, 3.8) is 0 Å². The van der Waals surface area contributed by atoms with Gasteiger partial charge >= 0.3 is 0 Å². The highest BCUT2D eigenvalue weighted by Gasteiger charge is 2.16. The number of fused-ring (bicyclic) bond motifs is 1. The summed E-state index contributed by atoms with van der Waals surface area (Å²) in [7, 11) is 0. The first-order valence-electron chi connectivity index (χ1n) is 7.82. The van der Waals surface area contributed by atoms with Crippen LogP contribution in [0.2, 0.25) is 0 Å². The van der Waals surface area contributed by atoms with E-state index in [1.165, 1.54) is 22.2 Å². The second-order valence-corrected chi connectivity index (χ2v) is 5.63. The van der Waals surface area contributed by atoms with Crippen LogP contribution in [-0.2, 0) is 0 Å². The third-order valence-corrected chi connectivity index (χ3v) is 4.28. The lowest BCUT2D eigenvalue weighted by atomic mass is 9.99. The Morgan fingerprint density at radius 2 is 1.59 bits per heavy atom. The summed E-state index contributed by atoms with van der Waals surface area (Å²) < 4.78 is 0. The first kappa shape index (κ1) is 13.3. The van der Waals surface area contributed by atoms with Gasteiger partial charge in [0.05, 0.1) is 5.52 Å². The summed E-state index contributed by atoms with van der Waals surface area (Å²) in [5, 5.41) is 4.61. The van der Waals surface area contributed by atoms with E-state index in [-0.39, 0.29) is 0 Å². The molecule has 1 fully saturated rings. The van der Waals surface area contributed by atoms with E-state index in [4.69, 9.17) is 0 Å². The van der Waals surface area contributed by atoms with Gasteiger partial charge < -0.3 is 10.2 Å². The first-order valence-corrected chi connectivity index (χ1v) is 7.82. The Labute approximate surface area is 130 Å². The average molecular weight is 289 g/mol. The van der Waals surface area contributed by atoms with E-state index < -0.39 is 0 Å². The van der Waals surface area contributed by atoms with Gasteiger partial charge in [-0.25, -0.2) is 0 Å². The lowest BCUT2D eigenvalue weighted by molar-refractivity contribution is 0.589. The number of hydrogen-bond donors (Lipinski definition) is 1. The second-order valence-electron chi connectivity index (χ2n) is 5.63. The van der Waals surface area contributed by atoms with E-state index >= 15 is 0 Å². The zero-order chi connectivity index (χ0) is 14.8. The summed E-state index contributed by atoms with van der Waals surface area (Å²) in [5.41, 5.74) is 4.87. The zero-order valence-electron chi connectivity index (χ0n) is 12.5. The van der Waals surface area contributed by atoms with Crippen LogP contribution in [0.5, 0.6) is 0 Å². The number of piperazine rings is 1. The highest BCUT2D eigenvalue weighted by Crippen LogP contribution is 2.34. The first-order chi connectivity index (χ1) is 10.9. The molecule has 3 aromatic rings. The van der Waals surface area contributed by atoms with Crippen LogP contribution < -0.4 is 10.2 Å². The minimum atomic E-state index is 1.04. The third-order valence-electron chi connectivity index (χ3n) is 4.28. The molecule has 1 saturated heterocycles. The van der Waals surface area contributed by atoms with Crippen molar-refractivity contribution in [2.45, 2.75) is 0 Å². The van der Waals surface area contributed by atoms with Gasteiger partial charge in [0.15, 0.2) is 0 Å². The standard InChI is InChI=1S/C19H19N3/c1-2-9-18(22-13-11-20-12-14-22)16(7-1)17-8-3-5-15-6-4-10-21-19(15)17/h1-10,20H,11-14H2. The number of nitrogens with zero attached hydrogens (tertiary/aromatic N) is 2. The molecule has 0 atom stereocenters. The quantitative estimate of drug-likeness (QED) is 0.784. The van der Waals surface area contributed by atoms with Crippen molar-refractivity contribution in [3.05, 3.63) is 60.8 Å². The van der Waals surface area contributed by atoms with Crippen LogP contribution in [0.1, 0.15) is 0 Å². The molecule has 1 aromatic heterocycles. The molecule has 0 radical (unpaired) electrons. The minimum Gasteiger partial charge on any atom is -0.368 e. The fourth-order valence-corrected chi connectivity index (χ4v) is 3.20. The molecule has 110 valence electrons. The normalized spacial score (nSPS) is 15.2. The summed E-state index contributed by atoms with van der Waals surface area (Å²) in [4.78, 5) is 7.08. The number of para-hydroxylation sites is 2. The average Bonchev–Trinajstić information content (AvgIpc) is 2.62. The van der Waals surface area contributed by atoms with Crippen LogP contribution in [0, 0.1) is 0 Å². The number of aromatic nitrogens is 1. The summed E-state index contributed by atoms with van der Waals surface area (Å²) >= 11 is 0. The van der Waals surface area contributed by atoms with E-state index in [0.29, 0.717) is 0 Å². The van der Waals surface area contributed by atoms with Gasteiger partial charge in [0.1, 0.15) is 0 Å². The molecular formula is C19H19N3. The van der Waals surface area contributed by atoms with Gasteiger partial charge in [-0.05, 0) is 12.1 Å². The molecule has 0 saturated carbocycles. The number of rotatable bonds is 2. The summed E-state index contributed by atoms with van der Waals surface area (Å²) in [6.45, 7) is 4.19. The van der Waals surface area contributed by atoms with Gasteiger partial charge in [0.2, 0.25) is 0 Å². The van der Waals surface area contributed by atoms with Crippen molar-refractivity contribution in [1.82, 2.24) is 10.3 Å². The van der Waals surface area contributed by atoms with Crippen molar-refractivity contribution < 1.29 is 0 Å². The van der Waals surface area contributed by atoms with Crippen LogP contribution in [0.25, 0.3) is 22.0 Å². The Hall–Kier alpha value is -2.39. The van der Waals surface area contributed by atoms with Gasteiger partial charge in [-0.2, -0.15) is 0 Å². The smallest absolute Gasteiger partial charge is 0.0781 e. The maximum Gasteiger partial charge on any atom is 0.0781 e. The second kappa shape index (κ2) is 5.78. The maximum absolute atomic E-state index is 4.61. The monoisotopic (exact) mass is 289 g/mol. The van der Waals surface area contributed by atoms with Gasteiger partial charge in [0, 0.05) is 54.6 Å². The third kappa shape index (κ3) is 2.34. The Balaban J connectivity index is 1.88. The van der Waals surface area contributed by atoms with E-state index in [2.05, 4.69) is 63.7 Å². The van der Waals surface area contributed by atoms with E-state index in [1.807, 2.05) is 12.3 Å². The molecule has 1 aliphatic heterocycles. The molecule has 0 unspecified atom stereocenters. The van der Waals surface area contributed by atoms with Crippen molar-refractivity contribution in [1.29, 1.82) is 0 Å². The SMILES string of the molecule is c1ccc(N2CCNCC2)c(-c2cccc3cccnc23)c1. The van der Waals surface area contributed by atoms with Crippen LogP contribution in [-0.4, -0.2) is 31.2 Å². The topological polar surface area (TPSA) is 28.2 Å². The van der Waals surface area contributed by atoms with Crippen molar-refractivity contribution >= 4 is 16.6 Å². The molecule has 0 spiro atoms. The molecule has 1 aliphatic rings. The molecule has 0 bridgehead atoms.